The molecule has 0 aromatic carbocycles. The SMILES string of the molecule is O.O=c1cccco1.[Ga]. The van der Waals surface area contributed by atoms with Crippen molar-refractivity contribution in [2.24, 2.45) is 0 Å². The van der Waals surface area contributed by atoms with Crippen molar-refractivity contribution in [3.8, 4) is 0 Å². The first-order valence-electron chi connectivity index (χ1n) is 1.93. The van der Waals surface area contributed by atoms with E-state index in [9.17, 15) is 4.79 Å². The van der Waals surface area contributed by atoms with Crippen molar-refractivity contribution >= 4 is 19.8 Å². The molecule has 1 aromatic rings. The van der Waals surface area contributed by atoms with E-state index < -0.39 is 0 Å². The van der Waals surface area contributed by atoms with Gasteiger partial charge in [0.2, 0.25) is 0 Å². The van der Waals surface area contributed by atoms with E-state index in [-0.39, 0.29) is 30.9 Å². The molecule has 1 rings (SSSR count). The zero-order valence-corrected chi connectivity index (χ0v) is 7.13. The summed E-state index contributed by atoms with van der Waals surface area (Å²) in [5.41, 5.74) is -0.303. The molecule has 0 saturated carbocycles. The van der Waals surface area contributed by atoms with Gasteiger partial charge in [0, 0.05) is 25.9 Å². The quantitative estimate of drug-likeness (QED) is 0.507. The molecular weight excluding hydrogens is 178 g/mol. The Bertz CT molecular complexity index is 178. The molecule has 47 valence electrons. The van der Waals surface area contributed by atoms with Gasteiger partial charge in [-0.15, -0.1) is 0 Å². The Kier molecular flexibility index (Phi) is 7.17. The van der Waals surface area contributed by atoms with Crippen LogP contribution in [0.1, 0.15) is 0 Å². The predicted octanol–water partition coefficient (Wildman–Crippen LogP) is -0.566. The monoisotopic (exact) mass is 183 g/mol. The van der Waals surface area contributed by atoms with E-state index in [1.54, 1.807) is 12.1 Å². The molecule has 0 saturated heterocycles. The van der Waals surface area contributed by atoms with E-state index in [1.165, 1.54) is 12.3 Å². The average molecular weight is 184 g/mol. The zero-order valence-electron chi connectivity index (χ0n) is 4.70. The first-order valence-corrected chi connectivity index (χ1v) is 1.93. The Morgan fingerprint density at radius 2 is 2.00 bits per heavy atom. The Balaban J connectivity index is 0. The van der Waals surface area contributed by atoms with Gasteiger partial charge < -0.3 is 9.89 Å². The maximum Gasteiger partial charge on any atom is 0.335 e. The van der Waals surface area contributed by atoms with E-state index in [4.69, 9.17) is 0 Å². The summed E-state index contributed by atoms with van der Waals surface area (Å²) in [4.78, 5) is 10.1. The molecule has 1 heterocycles. The van der Waals surface area contributed by atoms with Gasteiger partial charge in [0.1, 0.15) is 0 Å². The first kappa shape index (κ1) is 11.4. The molecule has 4 heteroatoms. The molecule has 0 amide bonds. The first-order chi connectivity index (χ1) is 3.39. The van der Waals surface area contributed by atoms with Crippen LogP contribution in [0.3, 0.4) is 0 Å². The van der Waals surface area contributed by atoms with Gasteiger partial charge >= 0.3 is 5.63 Å². The Hall–Kier alpha value is -0.454. The second-order valence-electron chi connectivity index (χ2n) is 1.12. The fraction of sp³-hybridized carbons (Fsp3) is 0. The molecule has 9 heavy (non-hydrogen) atoms. The number of rotatable bonds is 0. The van der Waals surface area contributed by atoms with E-state index in [1.807, 2.05) is 0 Å². The van der Waals surface area contributed by atoms with E-state index in [0.29, 0.717) is 0 Å². The molecule has 2 N–H and O–H groups in total. The molecule has 0 atom stereocenters. The van der Waals surface area contributed by atoms with E-state index >= 15 is 0 Å². The van der Waals surface area contributed by atoms with Crippen LogP contribution >= 0.6 is 0 Å². The summed E-state index contributed by atoms with van der Waals surface area (Å²) < 4.78 is 4.37. The largest absolute Gasteiger partial charge is 0.431 e. The number of hydrogen-bond donors (Lipinski definition) is 0. The molecule has 1 aromatic heterocycles. The second-order valence-corrected chi connectivity index (χ2v) is 1.12. The van der Waals surface area contributed by atoms with Crippen molar-refractivity contribution in [1.29, 1.82) is 0 Å². The normalized spacial score (nSPS) is 6.67. The van der Waals surface area contributed by atoms with Crippen molar-refractivity contribution in [1.82, 2.24) is 0 Å². The molecule has 0 bridgehead atoms. The van der Waals surface area contributed by atoms with Crippen molar-refractivity contribution in [2.75, 3.05) is 0 Å². The van der Waals surface area contributed by atoms with Crippen LogP contribution < -0.4 is 5.63 Å². The summed E-state index contributed by atoms with van der Waals surface area (Å²) in [5, 5.41) is 0. The van der Waals surface area contributed by atoms with Crippen LogP contribution in [-0.4, -0.2) is 25.3 Å². The van der Waals surface area contributed by atoms with Crippen LogP contribution in [0.2, 0.25) is 0 Å². The van der Waals surface area contributed by atoms with E-state index in [0.717, 1.165) is 0 Å². The summed E-state index contributed by atoms with van der Waals surface area (Å²) in [5.74, 6) is 0. The Labute approximate surface area is 65.1 Å². The maximum absolute atomic E-state index is 10.1. The van der Waals surface area contributed by atoms with Crippen LogP contribution in [0.15, 0.2) is 33.7 Å². The molecule has 0 aliphatic rings. The average Bonchev–Trinajstić information content (AvgIpc) is 1.69. The molecule has 0 fully saturated rings. The predicted molar refractivity (Wildman–Crippen MR) is 34.3 cm³/mol. The minimum absolute atomic E-state index is 0. The van der Waals surface area contributed by atoms with Crippen molar-refractivity contribution < 1.29 is 9.89 Å². The van der Waals surface area contributed by atoms with Crippen molar-refractivity contribution in [3.05, 3.63) is 34.9 Å². The van der Waals surface area contributed by atoms with Crippen molar-refractivity contribution in [2.45, 2.75) is 0 Å². The van der Waals surface area contributed by atoms with Crippen LogP contribution in [0.5, 0.6) is 0 Å². The fourth-order valence-electron chi connectivity index (χ4n) is 0.325. The molecule has 3 nitrogen and oxygen atoms in total. The zero-order chi connectivity index (χ0) is 5.11. The van der Waals surface area contributed by atoms with Gasteiger partial charge in [-0.2, -0.15) is 0 Å². The van der Waals surface area contributed by atoms with Crippen molar-refractivity contribution in [3.63, 3.8) is 0 Å². The minimum Gasteiger partial charge on any atom is -0.431 e. The third-order valence-electron chi connectivity index (χ3n) is 0.606. The molecule has 0 unspecified atom stereocenters. The second kappa shape index (κ2) is 5.68. The molecule has 3 radical (unpaired) electrons. The standard InChI is InChI=1S/C5H4O2.Ga.H2O/c6-5-3-1-2-4-7-5;;/h1-4H;;1H2. The van der Waals surface area contributed by atoms with Crippen LogP contribution in [0.25, 0.3) is 0 Å². The molecule has 0 aliphatic carbocycles. The van der Waals surface area contributed by atoms with Crippen LogP contribution in [0.4, 0.5) is 0 Å². The van der Waals surface area contributed by atoms with E-state index in [2.05, 4.69) is 4.42 Å². The van der Waals surface area contributed by atoms with Crippen LogP contribution in [-0.2, 0) is 0 Å². The van der Waals surface area contributed by atoms with Gasteiger partial charge in [-0.25, -0.2) is 4.79 Å². The third-order valence-corrected chi connectivity index (χ3v) is 0.606. The Morgan fingerprint density at radius 3 is 2.22 bits per heavy atom. The van der Waals surface area contributed by atoms with Gasteiger partial charge in [-0.1, -0.05) is 6.07 Å². The summed E-state index contributed by atoms with van der Waals surface area (Å²) in [6.07, 6.45) is 1.35. The molecule has 0 spiro atoms. The minimum atomic E-state index is -0.303. The van der Waals surface area contributed by atoms with Gasteiger partial charge in [0.05, 0.1) is 6.26 Å². The smallest absolute Gasteiger partial charge is 0.335 e. The Morgan fingerprint density at radius 1 is 1.33 bits per heavy atom. The third kappa shape index (κ3) is 4.08. The summed E-state index contributed by atoms with van der Waals surface area (Å²) >= 11 is 0. The summed E-state index contributed by atoms with van der Waals surface area (Å²) in [6, 6.07) is 4.65. The summed E-state index contributed by atoms with van der Waals surface area (Å²) in [7, 11) is 0. The maximum atomic E-state index is 10.1. The molecule has 0 aliphatic heterocycles. The van der Waals surface area contributed by atoms with Crippen LogP contribution in [0, 0.1) is 0 Å². The van der Waals surface area contributed by atoms with Gasteiger partial charge in [0.25, 0.3) is 0 Å². The van der Waals surface area contributed by atoms with Gasteiger partial charge in [-0.05, 0) is 6.07 Å². The fourth-order valence-corrected chi connectivity index (χ4v) is 0.325. The van der Waals surface area contributed by atoms with Gasteiger partial charge in [0.15, 0.2) is 0 Å². The molecular formula is C5H6GaO3. The summed E-state index contributed by atoms with van der Waals surface area (Å²) in [6.45, 7) is 0. The number of hydrogen-bond acceptors (Lipinski definition) is 2. The topological polar surface area (TPSA) is 61.7 Å². The van der Waals surface area contributed by atoms with Gasteiger partial charge in [-0.3, -0.25) is 0 Å².